The number of rotatable bonds is 6. The second kappa shape index (κ2) is 6.70. The van der Waals surface area contributed by atoms with Crippen LogP contribution in [0.3, 0.4) is 0 Å². The molecule has 0 atom stereocenters. The summed E-state index contributed by atoms with van der Waals surface area (Å²) in [6, 6.07) is 9.45. The average Bonchev–Trinajstić information content (AvgIpc) is 2.45. The van der Waals surface area contributed by atoms with Gasteiger partial charge >= 0.3 is 5.69 Å². The zero-order valence-corrected chi connectivity index (χ0v) is 10.7. The molecule has 1 aromatic heterocycles. The van der Waals surface area contributed by atoms with E-state index in [1.54, 1.807) is 16.8 Å². The van der Waals surface area contributed by atoms with Gasteiger partial charge in [-0.1, -0.05) is 12.1 Å². The molecule has 0 radical (unpaired) electrons. The van der Waals surface area contributed by atoms with Crippen LogP contribution in [0.1, 0.15) is 12.0 Å². The highest BCUT2D eigenvalue weighted by Gasteiger charge is 1.98. The van der Waals surface area contributed by atoms with Crippen LogP contribution in [0.4, 0.5) is 0 Å². The Kier molecular flexibility index (Phi) is 4.69. The minimum Gasteiger partial charge on any atom is -0.494 e. The number of hydrogen-bond donors (Lipinski definition) is 1. The fourth-order valence-electron chi connectivity index (χ4n) is 1.74. The molecule has 0 saturated carbocycles. The molecule has 0 bridgehead atoms. The lowest BCUT2D eigenvalue weighted by atomic mass is 10.2. The summed E-state index contributed by atoms with van der Waals surface area (Å²) in [7, 11) is 0. The van der Waals surface area contributed by atoms with Crippen LogP contribution in [0.15, 0.2) is 47.5 Å². The van der Waals surface area contributed by atoms with E-state index in [4.69, 9.17) is 10.5 Å². The average molecular weight is 259 g/mol. The van der Waals surface area contributed by atoms with Crippen molar-refractivity contribution in [2.24, 2.45) is 5.73 Å². The van der Waals surface area contributed by atoms with Gasteiger partial charge < -0.3 is 10.5 Å². The van der Waals surface area contributed by atoms with Gasteiger partial charge in [-0.15, -0.1) is 0 Å². The van der Waals surface area contributed by atoms with E-state index in [0.29, 0.717) is 19.7 Å². The molecule has 100 valence electrons. The first-order valence-corrected chi connectivity index (χ1v) is 6.23. The number of nitrogens with two attached hydrogens (primary N) is 1. The third-order valence-corrected chi connectivity index (χ3v) is 2.73. The fraction of sp³-hybridized carbons (Fsp3) is 0.286. The molecule has 0 fully saturated rings. The fourth-order valence-corrected chi connectivity index (χ4v) is 1.74. The first kappa shape index (κ1) is 13.3. The van der Waals surface area contributed by atoms with Gasteiger partial charge in [0.05, 0.1) is 6.61 Å². The van der Waals surface area contributed by atoms with Crippen molar-refractivity contribution in [2.45, 2.75) is 19.5 Å². The number of ether oxygens (including phenoxy) is 1. The molecule has 0 aliphatic rings. The Bertz CT molecular complexity index is 581. The second-order valence-corrected chi connectivity index (χ2v) is 4.15. The summed E-state index contributed by atoms with van der Waals surface area (Å²) in [5.74, 6) is 0.807. The van der Waals surface area contributed by atoms with Crippen LogP contribution in [-0.4, -0.2) is 16.2 Å². The molecule has 0 aliphatic heterocycles. The van der Waals surface area contributed by atoms with Crippen molar-refractivity contribution in [1.82, 2.24) is 9.55 Å². The van der Waals surface area contributed by atoms with Gasteiger partial charge in [0.25, 0.3) is 0 Å². The van der Waals surface area contributed by atoms with Crippen LogP contribution in [0.25, 0.3) is 0 Å². The highest BCUT2D eigenvalue weighted by molar-refractivity contribution is 5.28. The predicted octanol–water partition coefficient (Wildman–Crippen LogP) is 1.17. The Morgan fingerprint density at radius 1 is 1.32 bits per heavy atom. The lowest BCUT2D eigenvalue weighted by Crippen LogP contribution is -2.22. The first-order chi connectivity index (χ1) is 9.29. The maximum atomic E-state index is 11.4. The van der Waals surface area contributed by atoms with Gasteiger partial charge in [0.2, 0.25) is 0 Å². The zero-order chi connectivity index (χ0) is 13.5. The molecule has 0 unspecified atom stereocenters. The molecule has 5 heteroatoms. The largest absolute Gasteiger partial charge is 0.494 e. The summed E-state index contributed by atoms with van der Waals surface area (Å²) in [6.45, 7) is 1.65. The number of benzene rings is 1. The molecule has 0 amide bonds. The van der Waals surface area contributed by atoms with Crippen molar-refractivity contribution < 1.29 is 4.74 Å². The van der Waals surface area contributed by atoms with Gasteiger partial charge in [-0.3, -0.25) is 4.57 Å². The van der Waals surface area contributed by atoms with E-state index in [1.165, 1.54) is 6.20 Å². The smallest absolute Gasteiger partial charge is 0.347 e. The zero-order valence-electron chi connectivity index (χ0n) is 10.7. The van der Waals surface area contributed by atoms with E-state index in [1.807, 2.05) is 24.3 Å². The lowest BCUT2D eigenvalue weighted by Gasteiger charge is -2.08. The van der Waals surface area contributed by atoms with E-state index in [9.17, 15) is 4.79 Å². The molecule has 1 heterocycles. The Hall–Kier alpha value is -2.14. The number of aromatic nitrogens is 2. The molecular formula is C14H17N3O2. The maximum absolute atomic E-state index is 11.4. The summed E-state index contributed by atoms with van der Waals surface area (Å²) < 4.78 is 7.19. The van der Waals surface area contributed by atoms with Crippen molar-refractivity contribution in [3.8, 4) is 5.75 Å². The minimum atomic E-state index is -0.229. The SMILES string of the molecule is NCc1cccc(OCCCn2cccnc2=O)c1. The summed E-state index contributed by atoms with van der Waals surface area (Å²) >= 11 is 0. The van der Waals surface area contributed by atoms with Crippen LogP contribution in [0.5, 0.6) is 5.75 Å². The normalized spacial score (nSPS) is 10.4. The highest BCUT2D eigenvalue weighted by Crippen LogP contribution is 2.12. The van der Waals surface area contributed by atoms with Crippen LogP contribution >= 0.6 is 0 Å². The standard InChI is InChI=1S/C14H17N3O2/c15-11-12-4-1-5-13(10-12)19-9-3-8-17-7-2-6-16-14(17)18/h1-2,4-7,10H,3,8-9,11,15H2. The third-order valence-electron chi connectivity index (χ3n) is 2.73. The number of nitrogens with zero attached hydrogens (tertiary/aromatic N) is 2. The molecule has 0 spiro atoms. The van der Waals surface area contributed by atoms with Gasteiger partial charge in [-0.05, 0) is 30.2 Å². The van der Waals surface area contributed by atoms with Crippen molar-refractivity contribution >= 4 is 0 Å². The Morgan fingerprint density at radius 2 is 2.21 bits per heavy atom. The lowest BCUT2D eigenvalue weighted by molar-refractivity contribution is 0.300. The van der Waals surface area contributed by atoms with E-state index in [0.717, 1.165) is 17.7 Å². The Balaban J connectivity index is 1.81. The summed E-state index contributed by atoms with van der Waals surface area (Å²) in [5.41, 5.74) is 6.38. The quantitative estimate of drug-likeness (QED) is 0.791. The Morgan fingerprint density at radius 3 is 3.00 bits per heavy atom. The summed E-state index contributed by atoms with van der Waals surface area (Å²) in [5, 5.41) is 0. The monoisotopic (exact) mass is 259 g/mol. The van der Waals surface area contributed by atoms with Crippen LogP contribution in [0.2, 0.25) is 0 Å². The summed E-state index contributed by atoms with van der Waals surface area (Å²) in [6.07, 6.45) is 3.97. The van der Waals surface area contributed by atoms with Crippen LogP contribution in [0, 0.1) is 0 Å². The van der Waals surface area contributed by atoms with E-state index < -0.39 is 0 Å². The summed E-state index contributed by atoms with van der Waals surface area (Å²) in [4.78, 5) is 15.1. The third kappa shape index (κ3) is 3.93. The molecule has 2 rings (SSSR count). The van der Waals surface area contributed by atoms with Gasteiger partial charge in [0, 0.05) is 25.5 Å². The number of aryl methyl sites for hydroxylation is 1. The van der Waals surface area contributed by atoms with Crippen LogP contribution < -0.4 is 16.2 Å². The first-order valence-electron chi connectivity index (χ1n) is 6.23. The van der Waals surface area contributed by atoms with Crippen molar-refractivity contribution in [3.63, 3.8) is 0 Å². The van der Waals surface area contributed by atoms with Gasteiger partial charge in [-0.2, -0.15) is 0 Å². The maximum Gasteiger partial charge on any atom is 0.347 e. The predicted molar refractivity (Wildman–Crippen MR) is 72.9 cm³/mol. The highest BCUT2D eigenvalue weighted by atomic mass is 16.5. The van der Waals surface area contributed by atoms with Gasteiger partial charge in [0.15, 0.2) is 0 Å². The molecule has 2 aromatic rings. The molecular weight excluding hydrogens is 242 g/mol. The molecule has 5 nitrogen and oxygen atoms in total. The minimum absolute atomic E-state index is 0.229. The van der Waals surface area contributed by atoms with Crippen LogP contribution in [-0.2, 0) is 13.1 Å². The van der Waals surface area contributed by atoms with Crippen molar-refractivity contribution in [3.05, 3.63) is 58.8 Å². The molecule has 19 heavy (non-hydrogen) atoms. The number of hydrogen-bond acceptors (Lipinski definition) is 4. The topological polar surface area (TPSA) is 70.1 Å². The Labute approximate surface area is 111 Å². The molecule has 1 aromatic carbocycles. The molecule has 2 N–H and O–H groups in total. The van der Waals surface area contributed by atoms with E-state index in [-0.39, 0.29) is 5.69 Å². The van der Waals surface area contributed by atoms with E-state index in [2.05, 4.69) is 4.98 Å². The van der Waals surface area contributed by atoms with Gasteiger partial charge in [-0.25, -0.2) is 9.78 Å². The van der Waals surface area contributed by atoms with Crippen molar-refractivity contribution in [1.29, 1.82) is 0 Å². The van der Waals surface area contributed by atoms with Crippen molar-refractivity contribution in [2.75, 3.05) is 6.61 Å². The van der Waals surface area contributed by atoms with Gasteiger partial charge in [0.1, 0.15) is 5.75 Å². The molecule has 0 aliphatic carbocycles. The van der Waals surface area contributed by atoms with E-state index >= 15 is 0 Å². The molecule has 0 saturated heterocycles. The second-order valence-electron chi connectivity index (χ2n) is 4.15.